The van der Waals surface area contributed by atoms with Crippen molar-refractivity contribution in [3.05, 3.63) is 0 Å². The minimum Gasteiger partial charge on any atom is -0.349 e. The van der Waals surface area contributed by atoms with Crippen LogP contribution in [0.5, 0.6) is 0 Å². The molecule has 0 bridgehead atoms. The monoisotopic (exact) mass is 226 g/mol. The van der Waals surface area contributed by atoms with Crippen LogP contribution in [0.4, 0.5) is 0 Å². The number of carbonyl (C=O) groups excluding carboxylic acids is 1. The van der Waals surface area contributed by atoms with Gasteiger partial charge in [-0.05, 0) is 24.7 Å². The number of hydrogen-bond donors (Lipinski definition) is 2. The van der Waals surface area contributed by atoms with E-state index in [0.29, 0.717) is 24.8 Å². The Hall–Kier alpha value is -0.570. The third-order valence-corrected chi connectivity index (χ3v) is 3.48. The van der Waals surface area contributed by atoms with Crippen LogP contribution in [-0.2, 0) is 4.79 Å². The molecule has 0 aromatic rings. The second-order valence-electron chi connectivity index (χ2n) is 5.83. The number of rotatable bonds is 4. The van der Waals surface area contributed by atoms with E-state index in [1.807, 2.05) is 0 Å². The first-order chi connectivity index (χ1) is 7.47. The number of carbonyl (C=O) groups is 1. The highest BCUT2D eigenvalue weighted by Crippen LogP contribution is 2.31. The summed E-state index contributed by atoms with van der Waals surface area (Å²) in [5.74, 6) is 1.25. The quantitative estimate of drug-likeness (QED) is 0.771. The van der Waals surface area contributed by atoms with Crippen LogP contribution in [0.1, 0.15) is 52.9 Å². The van der Waals surface area contributed by atoms with Crippen LogP contribution >= 0.6 is 0 Å². The molecule has 3 heteroatoms. The molecule has 3 N–H and O–H groups in total. The van der Waals surface area contributed by atoms with Gasteiger partial charge in [0.15, 0.2) is 0 Å². The van der Waals surface area contributed by atoms with Crippen molar-refractivity contribution in [2.75, 3.05) is 6.54 Å². The maximum Gasteiger partial charge on any atom is 0.220 e. The molecule has 1 amide bonds. The summed E-state index contributed by atoms with van der Waals surface area (Å²) >= 11 is 0. The van der Waals surface area contributed by atoms with Gasteiger partial charge in [0.1, 0.15) is 0 Å². The van der Waals surface area contributed by atoms with Gasteiger partial charge in [0, 0.05) is 13.0 Å². The molecular weight excluding hydrogens is 200 g/mol. The number of nitrogens with one attached hydrogen (secondary N) is 1. The second-order valence-corrected chi connectivity index (χ2v) is 5.83. The summed E-state index contributed by atoms with van der Waals surface area (Å²) in [4.78, 5) is 11.8. The van der Waals surface area contributed by atoms with Gasteiger partial charge in [0.25, 0.3) is 0 Å². The Morgan fingerprint density at radius 3 is 2.75 bits per heavy atom. The van der Waals surface area contributed by atoms with Crippen LogP contribution in [0.15, 0.2) is 0 Å². The highest BCUT2D eigenvalue weighted by Gasteiger charge is 2.34. The van der Waals surface area contributed by atoms with Gasteiger partial charge in [-0.2, -0.15) is 0 Å². The maximum absolute atomic E-state index is 11.8. The van der Waals surface area contributed by atoms with Crippen LogP contribution < -0.4 is 11.1 Å². The Bertz CT molecular complexity index is 240. The van der Waals surface area contributed by atoms with Crippen molar-refractivity contribution in [2.45, 2.75) is 58.4 Å². The molecule has 0 heterocycles. The Labute approximate surface area is 99.2 Å². The number of amides is 1. The third-order valence-electron chi connectivity index (χ3n) is 3.48. The minimum absolute atomic E-state index is 0.121. The molecule has 0 aromatic carbocycles. The zero-order valence-corrected chi connectivity index (χ0v) is 10.9. The zero-order valence-electron chi connectivity index (χ0n) is 10.9. The van der Waals surface area contributed by atoms with Crippen molar-refractivity contribution in [2.24, 2.45) is 17.6 Å². The van der Waals surface area contributed by atoms with E-state index in [4.69, 9.17) is 5.73 Å². The molecule has 0 spiro atoms. The van der Waals surface area contributed by atoms with Crippen LogP contribution in [0.25, 0.3) is 0 Å². The lowest BCUT2D eigenvalue weighted by Gasteiger charge is -2.40. The third kappa shape index (κ3) is 3.78. The highest BCUT2D eigenvalue weighted by molar-refractivity contribution is 5.77. The summed E-state index contributed by atoms with van der Waals surface area (Å²) < 4.78 is 0. The predicted molar refractivity (Wildman–Crippen MR) is 67.0 cm³/mol. The largest absolute Gasteiger partial charge is 0.349 e. The maximum atomic E-state index is 11.8. The van der Waals surface area contributed by atoms with Crippen molar-refractivity contribution in [3.8, 4) is 0 Å². The molecule has 1 rings (SSSR count). The Balaban J connectivity index is 2.55. The highest BCUT2D eigenvalue weighted by atomic mass is 16.1. The van der Waals surface area contributed by atoms with E-state index in [2.05, 4.69) is 26.1 Å². The first-order valence-corrected chi connectivity index (χ1v) is 6.48. The van der Waals surface area contributed by atoms with E-state index < -0.39 is 0 Å². The fraction of sp³-hybridized carbons (Fsp3) is 0.923. The van der Waals surface area contributed by atoms with Crippen molar-refractivity contribution >= 4 is 5.91 Å². The van der Waals surface area contributed by atoms with E-state index in [0.717, 1.165) is 12.8 Å². The number of hydrogen-bond acceptors (Lipinski definition) is 2. The van der Waals surface area contributed by atoms with Crippen molar-refractivity contribution in [3.63, 3.8) is 0 Å². The molecule has 1 saturated carbocycles. The SMILES string of the molecule is CC(C)CC(=O)NC1(CN)CCCC(C)C1. The van der Waals surface area contributed by atoms with Crippen LogP contribution in [0, 0.1) is 11.8 Å². The fourth-order valence-corrected chi connectivity index (χ4v) is 2.73. The molecule has 2 unspecified atom stereocenters. The summed E-state index contributed by atoms with van der Waals surface area (Å²) in [6.07, 6.45) is 5.13. The fourth-order valence-electron chi connectivity index (χ4n) is 2.73. The van der Waals surface area contributed by atoms with E-state index in [1.165, 1.54) is 12.8 Å². The second kappa shape index (κ2) is 5.67. The molecule has 94 valence electrons. The van der Waals surface area contributed by atoms with Gasteiger partial charge in [-0.15, -0.1) is 0 Å². The van der Waals surface area contributed by atoms with Crippen LogP contribution in [0.2, 0.25) is 0 Å². The normalized spacial score (nSPS) is 30.4. The van der Waals surface area contributed by atoms with Crippen molar-refractivity contribution < 1.29 is 4.79 Å². The van der Waals surface area contributed by atoms with Crippen LogP contribution in [0.3, 0.4) is 0 Å². The molecule has 0 aliphatic heterocycles. The zero-order chi connectivity index (χ0) is 12.2. The van der Waals surface area contributed by atoms with Gasteiger partial charge in [-0.3, -0.25) is 4.79 Å². The Morgan fingerprint density at radius 2 is 2.25 bits per heavy atom. The molecule has 0 aromatic heterocycles. The Kier molecular flexibility index (Phi) is 4.78. The first kappa shape index (κ1) is 13.5. The summed E-state index contributed by atoms with van der Waals surface area (Å²) in [7, 11) is 0. The van der Waals surface area contributed by atoms with Crippen LogP contribution in [-0.4, -0.2) is 18.0 Å². The first-order valence-electron chi connectivity index (χ1n) is 6.48. The molecular formula is C13H26N2O. The van der Waals surface area contributed by atoms with Gasteiger partial charge in [-0.1, -0.05) is 33.6 Å². The standard InChI is InChI=1S/C13H26N2O/c1-10(2)7-12(16)15-13(9-14)6-4-5-11(3)8-13/h10-11H,4-9,14H2,1-3H3,(H,15,16). The van der Waals surface area contributed by atoms with E-state index in [1.54, 1.807) is 0 Å². The molecule has 16 heavy (non-hydrogen) atoms. The molecule has 0 radical (unpaired) electrons. The summed E-state index contributed by atoms with van der Waals surface area (Å²) in [6, 6.07) is 0. The topological polar surface area (TPSA) is 55.1 Å². The van der Waals surface area contributed by atoms with Gasteiger partial charge < -0.3 is 11.1 Å². The summed E-state index contributed by atoms with van der Waals surface area (Å²) in [5, 5.41) is 3.18. The molecule has 1 aliphatic rings. The van der Waals surface area contributed by atoms with Crippen molar-refractivity contribution in [1.29, 1.82) is 0 Å². The molecule has 0 saturated heterocycles. The average Bonchev–Trinajstić information content (AvgIpc) is 2.16. The number of nitrogens with two attached hydrogens (primary N) is 1. The van der Waals surface area contributed by atoms with E-state index in [-0.39, 0.29) is 11.4 Å². The van der Waals surface area contributed by atoms with Gasteiger partial charge in [0.05, 0.1) is 5.54 Å². The lowest BCUT2D eigenvalue weighted by molar-refractivity contribution is -0.124. The summed E-state index contributed by atoms with van der Waals surface area (Å²) in [5.41, 5.74) is 5.74. The average molecular weight is 226 g/mol. The molecule has 2 atom stereocenters. The summed E-state index contributed by atoms with van der Waals surface area (Å²) in [6.45, 7) is 6.95. The molecule has 1 aliphatic carbocycles. The Morgan fingerprint density at radius 1 is 1.56 bits per heavy atom. The predicted octanol–water partition coefficient (Wildman–Crippen LogP) is 2.06. The van der Waals surface area contributed by atoms with Gasteiger partial charge >= 0.3 is 0 Å². The van der Waals surface area contributed by atoms with Crippen molar-refractivity contribution in [1.82, 2.24) is 5.32 Å². The smallest absolute Gasteiger partial charge is 0.220 e. The lowest BCUT2D eigenvalue weighted by atomic mass is 9.76. The van der Waals surface area contributed by atoms with Gasteiger partial charge in [-0.25, -0.2) is 0 Å². The van der Waals surface area contributed by atoms with E-state index >= 15 is 0 Å². The molecule has 1 fully saturated rings. The minimum atomic E-state index is -0.121. The van der Waals surface area contributed by atoms with E-state index in [9.17, 15) is 4.79 Å². The molecule has 3 nitrogen and oxygen atoms in total. The lowest BCUT2D eigenvalue weighted by Crippen LogP contribution is -2.56. The van der Waals surface area contributed by atoms with Gasteiger partial charge in [0.2, 0.25) is 5.91 Å².